The normalized spacial score (nSPS) is 37.3. The summed E-state index contributed by atoms with van der Waals surface area (Å²) in [6.07, 6.45) is 6.45. The Morgan fingerprint density at radius 1 is 1.27 bits per heavy atom. The molecule has 4 rings (SSSR count). The minimum absolute atomic E-state index is 0.189. The van der Waals surface area contributed by atoms with Gasteiger partial charge in [-0.3, -0.25) is 4.79 Å². The molecule has 0 unspecified atom stereocenters. The van der Waals surface area contributed by atoms with Gasteiger partial charge < -0.3 is 10.1 Å². The summed E-state index contributed by atoms with van der Waals surface area (Å²) in [5, 5.41) is 3.48. The Bertz CT molecular complexity index is 655. The maximum Gasteiger partial charge on any atom is 0.220 e. The van der Waals surface area contributed by atoms with Gasteiger partial charge in [0.25, 0.3) is 0 Å². The molecule has 1 amide bonds. The molecule has 1 spiro atoms. The number of rotatable bonds is 5. The lowest BCUT2D eigenvalue weighted by molar-refractivity contribution is -0.136. The molecule has 1 heterocycles. The fraction of sp³-hybridized carbons (Fsp3) is 0.696. The fourth-order valence-corrected chi connectivity index (χ4v) is 6.42. The molecule has 1 aliphatic heterocycles. The number of amides is 1. The topological polar surface area (TPSA) is 38.3 Å². The molecule has 2 saturated carbocycles. The van der Waals surface area contributed by atoms with E-state index in [-0.39, 0.29) is 22.8 Å². The van der Waals surface area contributed by atoms with Crippen LogP contribution in [0.15, 0.2) is 30.3 Å². The van der Waals surface area contributed by atoms with Crippen molar-refractivity contribution in [2.75, 3.05) is 6.61 Å². The van der Waals surface area contributed by atoms with Crippen molar-refractivity contribution in [2.45, 2.75) is 71.4 Å². The second kappa shape index (κ2) is 6.67. The van der Waals surface area contributed by atoms with Crippen LogP contribution in [0.1, 0.15) is 58.4 Å². The van der Waals surface area contributed by atoms with Crippen molar-refractivity contribution < 1.29 is 9.53 Å². The molecule has 2 bridgehead atoms. The highest BCUT2D eigenvalue weighted by molar-refractivity contribution is 5.76. The molecular weight excluding hydrogens is 322 g/mol. The van der Waals surface area contributed by atoms with E-state index in [1.807, 2.05) is 0 Å². The van der Waals surface area contributed by atoms with Crippen LogP contribution in [0.4, 0.5) is 0 Å². The Balaban J connectivity index is 1.59. The molecule has 1 aromatic rings. The van der Waals surface area contributed by atoms with Crippen molar-refractivity contribution in [1.29, 1.82) is 0 Å². The summed E-state index contributed by atoms with van der Waals surface area (Å²) in [6, 6.07) is 11.0. The first-order valence-electron chi connectivity index (χ1n) is 10.4. The van der Waals surface area contributed by atoms with Gasteiger partial charge in [0.2, 0.25) is 5.91 Å². The average Bonchev–Trinajstić information content (AvgIpc) is 3.10. The lowest BCUT2D eigenvalue weighted by Gasteiger charge is -2.53. The Morgan fingerprint density at radius 2 is 2.04 bits per heavy atom. The van der Waals surface area contributed by atoms with Crippen LogP contribution in [0.5, 0.6) is 0 Å². The summed E-state index contributed by atoms with van der Waals surface area (Å²) in [4.78, 5) is 12.5. The van der Waals surface area contributed by atoms with Crippen molar-refractivity contribution in [3.63, 3.8) is 0 Å². The van der Waals surface area contributed by atoms with Gasteiger partial charge in [-0.05, 0) is 60.3 Å². The standard InChI is InChI=1S/C23H33NO2/c1-4-8-20(25)24-21-22(2,3)17-14-18-19(13-16-9-6-5-7-10-16)26-12-11-23(18,21)15-17/h5-7,9-10,17-19,21H,4,8,11-15H2,1-3H3,(H,24,25)/t17-,18-,19-,21+,23-/m1/s1. The molecule has 142 valence electrons. The quantitative estimate of drug-likeness (QED) is 0.852. The van der Waals surface area contributed by atoms with E-state index in [0.29, 0.717) is 24.3 Å². The highest BCUT2D eigenvalue weighted by Crippen LogP contribution is 2.68. The highest BCUT2D eigenvalue weighted by atomic mass is 16.5. The molecular formula is C23H33NO2. The van der Waals surface area contributed by atoms with Crippen LogP contribution in [0.25, 0.3) is 0 Å². The van der Waals surface area contributed by atoms with Crippen LogP contribution in [0.3, 0.4) is 0 Å². The largest absolute Gasteiger partial charge is 0.378 e. The van der Waals surface area contributed by atoms with Crippen LogP contribution in [0, 0.1) is 22.7 Å². The smallest absolute Gasteiger partial charge is 0.220 e. The lowest BCUT2D eigenvalue weighted by atomic mass is 9.59. The van der Waals surface area contributed by atoms with Gasteiger partial charge in [-0.15, -0.1) is 0 Å². The zero-order valence-corrected chi connectivity index (χ0v) is 16.5. The van der Waals surface area contributed by atoms with Crippen molar-refractivity contribution >= 4 is 5.91 Å². The predicted octanol–water partition coefficient (Wildman–Crippen LogP) is 4.36. The van der Waals surface area contributed by atoms with Gasteiger partial charge in [0.15, 0.2) is 0 Å². The fourth-order valence-electron chi connectivity index (χ4n) is 6.42. The van der Waals surface area contributed by atoms with E-state index in [4.69, 9.17) is 4.74 Å². The maximum atomic E-state index is 12.5. The second-order valence-corrected chi connectivity index (χ2v) is 9.40. The summed E-state index contributed by atoms with van der Waals surface area (Å²) in [5.41, 5.74) is 1.78. The van der Waals surface area contributed by atoms with Crippen LogP contribution in [0.2, 0.25) is 0 Å². The van der Waals surface area contributed by atoms with E-state index in [1.165, 1.54) is 18.4 Å². The van der Waals surface area contributed by atoms with Gasteiger partial charge in [0.1, 0.15) is 0 Å². The molecule has 0 radical (unpaired) electrons. The third kappa shape index (κ3) is 2.79. The van der Waals surface area contributed by atoms with Gasteiger partial charge in [-0.1, -0.05) is 51.1 Å². The van der Waals surface area contributed by atoms with Crippen LogP contribution in [-0.2, 0) is 16.0 Å². The lowest BCUT2D eigenvalue weighted by Crippen LogP contribution is -2.60. The predicted molar refractivity (Wildman–Crippen MR) is 104 cm³/mol. The number of hydrogen-bond donors (Lipinski definition) is 1. The summed E-state index contributed by atoms with van der Waals surface area (Å²) < 4.78 is 6.30. The molecule has 1 saturated heterocycles. The number of hydrogen-bond acceptors (Lipinski definition) is 2. The van der Waals surface area contributed by atoms with Gasteiger partial charge in [-0.2, -0.15) is 0 Å². The molecule has 26 heavy (non-hydrogen) atoms. The molecule has 1 N–H and O–H groups in total. The van der Waals surface area contributed by atoms with Crippen molar-refractivity contribution in [2.24, 2.45) is 22.7 Å². The molecule has 0 aromatic heterocycles. The van der Waals surface area contributed by atoms with E-state index in [1.54, 1.807) is 0 Å². The minimum atomic E-state index is 0.189. The van der Waals surface area contributed by atoms with Crippen LogP contribution >= 0.6 is 0 Å². The second-order valence-electron chi connectivity index (χ2n) is 9.40. The van der Waals surface area contributed by atoms with Gasteiger partial charge in [-0.25, -0.2) is 0 Å². The molecule has 3 nitrogen and oxygen atoms in total. The van der Waals surface area contributed by atoms with Gasteiger partial charge >= 0.3 is 0 Å². The number of carbonyl (C=O) groups excluding carboxylic acids is 1. The number of ether oxygens (including phenoxy) is 1. The summed E-state index contributed by atoms with van der Waals surface area (Å²) >= 11 is 0. The van der Waals surface area contributed by atoms with Crippen molar-refractivity contribution in [3.8, 4) is 0 Å². The highest BCUT2D eigenvalue weighted by Gasteiger charge is 2.68. The third-order valence-electron chi connectivity index (χ3n) is 7.68. The summed E-state index contributed by atoms with van der Waals surface area (Å²) in [6.45, 7) is 7.66. The molecule has 1 aromatic carbocycles. The Labute approximate surface area is 157 Å². The molecule has 3 heteroatoms. The molecule has 2 aliphatic carbocycles. The Morgan fingerprint density at radius 3 is 2.77 bits per heavy atom. The Kier molecular flexibility index (Phi) is 4.63. The first-order valence-corrected chi connectivity index (χ1v) is 10.4. The first kappa shape index (κ1) is 18.0. The maximum absolute atomic E-state index is 12.5. The molecule has 3 fully saturated rings. The van der Waals surface area contributed by atoms with E-state index < -0.39 is 0 Å². The molecule has 3 aliphatic rings. The zero-order chi connectivity index (χ0) is 18.4. The summed E-state index contributed by atoms with van der Waals surface area (Å²) in [7, 11) is 0. The van der Waals surface area contributed by atoms with Gasteiger partial charge in [0.05, 0.1) is 6.10 Å². The van der Waals surface area contributed by atoms with Crippen LogP contribution < -0.4 is 5.32 Å². The van der Waals surface area contributed by atoms with E-state index in [9.17, 15) is 4.79 Å². The van der Waals surface area contributed by atoms with Gasteiger partial charge in [0, 0.05) is 19.1 Å². The molecule has 5 atom stereocenters. The number of fused-ring (bicyclic) bond motifs is 1. The minimum Gasteiger partial charge on any atom is -0.378 e. The number of carbonyl (C=O) groups is 1. The zero-order valence-electron chi connectivity index (χ0n) is 16.5. The number of benzene rings is 1. The van der Waals surface area contributed by atoms with E-state index in [2.05, 4.69) is 56.4 Å². The summed E-state index contributed by atoms with van der Waals surface area (Å²) in [5.74, 6) is 1.50. The SMILES string of the molecule is CCCC(=O)N[C@H]1C(C)(C)[C@@H]2C[C@@H]3[C@@H](Cc4ccccc4)OCC[C@@]31C2. The third-order valence-corrected chi connectivity index (χ3v) is 7.68. The van der Waals surface area contributed by atoms with Crippen molar-refractivity contribution in [3.05, 3.63) is 35.9 Å². The average molecular weight is 356 g/mol. The van der Waals surface area contributed by atoms with Crippen molar-refractivity contribution in [1.82, 2.24) is 5.32 Å². The first-order chi connectivity index (χ1) is 12.5. The monoisotopic (exact) mass is 355 g/mol. The Hall–Kier alpha value is -1.35. The van der Waals surface area contributed by atoms with Crippen LogP contribution in [-0.4, -0.2) is 24.7 Å². The van der Waals surface area contributed by atoms with E-state index in [0.717, 1.165) is 25.9 Å². The number of nitrogens with one attached hydrogen (secondary N) is 1. The van der Waals surface area contributed by atoms with E-state index >= 15 is 0 Å².